The van der Waals surface area contributed by atoms with E-state index in [-0.39, 0.29) is 37.2 Å². The summed E-state index contributed by atoms with van der Waals surface area (Å²) in [5.41, 5.74) is 0.616. The molecule has 1 atom stereocenters. The predicted octanol–water partition coefficient (Wildman–Crippen LogP) is 0.858. The van der Waals surface area contributed by atoms with E-state index in [0.717, 1.165) is 0 Å². The fraction of sp³-hybridized carbons (Fsp3) is 0.400. The largest absolute Gasteiger partial charge is 0.459 e. The number of hydrogen-bond acceptors (Lipinski definition) is 4. The molecule has 1 saturated heterocycles. The average molecular weight is 308 g/mol. The van der Waals surface area contributed by atoms with Crippen LogP contribution in [-0.2, 0) is 19.1 Å². The number of anilines is 1. The van der Waals surface area contributed by atoms with E-state index in [1.54, 1.807) is 11.8 Å². The first-order valence-electron chi connectivity index (χ1n) is 7.02. The molecule has 1 unspecified atom stereocenters. The van der Waals surface area contributed by atoms with Crippen LogP contribution in [0.3, 0.4) is 0 Å². The number of amides is 2. The second kappa shape index (κ2) is 7.02. The molecular formula is C15H17FN2O4. The van der Waals surface area contributed by atoms with Gasteiger partial charge < -0.3 is 15.0 Å². The fourth-order valence-corrected chi connectivity index (χ4v) is 2.29. The zero-order valence-electron chi connectivity index (χ0n) is 12.2. The van der Waals surface area contributed by atoms with Crippen LogP contribution >= 0.6 is 0 Å². The first-order chi connectivity index (χ1) is 10.5. The van der Waals surface area contributed by atoms with Gasteiger partial charge in [-0.2, -0.15) is 0 Å². The molecule has 1 aromatic carbocycles. The van der Waals surface area contributed by atoms with Gasteiger partial charge in [0.05, 0.1) is 6.61 Å². The second-order valence-electron chi connectivity index (χ2n) is 4.98. The number of nitrogens with one attached hydrogen (secondary N) is 1. The lowest BCUT2D eigenvalue weighted by molar-refractivity contribution is -0.154. The molecule has 22 heavy (non-hydrogen) atoms. The van der Waals surface area contributed by atoms with Crippen LogP contribution in [0.2, 0.25) is 0 Å². The van der Waals surface area contributed by atoms with Crippen molar-refractivity contribution in [3.05, 3.63) is 30.1 Å². The van der Waals surface area contributed by atoms with Crippen LogP contribution in [0.25, 0.3) is 0 Å². The molecule has 1 heterocycles. The maximum absolute atomic E-state index is 12.9. The van der Waals surface area contributed by atoms with Gasteiger partial charge >= 0.3 is 11.9 Å². The van der Waals surface area contributed by atoms with Crippen molar-refractivity contribution in [2.75, 3.05) is 24.6 Å². The van der Waals surface area contributed by atoms with Crippen LogP contribution in [-0.4, -0.2) is 37.5 Å². The van der Waals surface area contributed by atoms with Crippen LogP contribution in [0.15, 0.2) is 24.3 Å². The van der Waals surface area contributed by atoms with Crippen molar-refractivity contribution in [1.82, 2.24) is 5.32 Å². The van der Waals surface area contributed by atoms with Gasteiger partial charge in [-0.1, -0.05) is 0 Å². The van der Waals surface area contributed by atoms with Crippen LogP contribution in [0.5, 0.6) is 0 Å². The molecule has 0 spiro atoms. The van der Waals surface area contributed by atoms with E-state index in [4.69, 9.17) is 0 Å². The first kappa shape index (κ1) is 15.9. The van der Waals surface area contributed by atoms with Crippen LogP contribution < -0.4 is 10.2 Å². The summed E-state index contributed by atoms with van der Waals surface area (Å²) in [5.74, 6) is -2.30. The Morgan fingerprint density at radius 2 is 2.05 bits per heavy atom. The van der Waals surface area contributed by atoms with Gasteiger partial charge in [0.15, 0.2) is 0 Å². The Bertz CT molecular complexity index is 573. The maximum atomic E-state index is 12.9. The average Bonchev–Trinajstić information content (AvgIpc) is 2.87. The summed E-state index contributed by atoms with van der Waals surface area (Å²) in [6.07, 6.45) is 0.264. The molecule has 1 aliphatic heterocycles. The molecule has 1 N–H and O–H groups in total. The Labute approximate surface area is 127 Å². The first-order valence-corrected chi connectivity index (χ1v) is 7.02. The number of benzene rings is 1. The van der Waals surface area contributed by atoms with E-state index in [1.165, 1.54) is 24.3 Å². The van der Waals surface area contributed by atoms with Crippen molar-refractivity contribution in [1.29, 1.82) is 0 Å². The quantitative estimate of drug-likeness (QED) is 0.661. The maximum Gasteiger partial charge on any atom is 0.396 e. The predicted molar refractivity (Wildman–Crippen MR) is 76.5 cm³/mol. The molecule has 0 bridgehead atoms. The van der Waals surface area contributed by atoms with Crippen molar-refractivity contribution >= 4 is 23.5 Å². The topological polar surface area (TPSA) is 75.7 Å². The van der Waals surface area contributed by atoms with Gasteiger partial charge in [-0.3, -0.25) is 9.59 Å². The van der Waals surface area contributed by atoms with Gasteiger partial charge in [-0.25, -0.2) is 9.18 Å². The van der Waals surface area contributed by atoms with Crippen molar-refractivity contribution < 1.29 is 23.5 Å². The summed E-state index contributed by atoms with van der Waals surface area (Å²) in [6.45, 7) is 2.36. The molecular weight excluding hydrogens is 291 g/mol. The summed E-state index contributed by atoms with van der Waals surface area (Å²) in [4.78, 5) is 36.1. The summed E-state index contributed by atoms with van der Waals surface area (Å²) in [5, 5.41) is 2.46. The third kappa shape index (κ3) is 3.81. The van der Waals surface area contributed by atoms with E-state index in [0.29, 0.717) is 12.2 Å². The van der Waals surface area contributed by atoms with E-state index in [2.05, 4.69) is 10.1 Å². The number of carbonyl (C=O) groups is 3. The zero-order chi connectivity index (χ0) is 16.1. The summed E-state index contributed by atoms with van der Waals surface area (Å²) in [7, 11) is 0. The van der Waals surface area contributed by atoms with Gasteiger partial charge in [0.2, 0.25) is 5.91 Å². The normalized spacial score (nSPS) is 17.5. The van der Waals surface area contributed by atoms with Crippen LogP contribution in [0.4, 0.5) is 10.1 Å². The third-order valence-electron chi connectivity index (χ3n) is 3.36. The number of esters is 1. The number of halogens is 1. The van der Waals surface area contributed by atoms with Crippen molar-refractivity contribution in [3.8, 4) is 0 Å². The van der Waals surface area contributed by atoms with Gasteiger partial charge in [-0.05, 0) is 31.2 Å². The fourth-order valence-electron chi connectivity index (χ4n) is 2.29. The minimum Gasteiger partial charge on any atom is -0.459 e. The summed E-state index contributed by atoms with van der Waals surface area (Å²) < 4.78 is 17.5. The van der Waals surface area contributed by atoms with E-state index in [1.807, 2.05) is 0 Å². The molecule has 1 aromatic rings. The highest BCUT2D eigenvalue weighted by molar-refractivity contribution is 6.32. The lowest BCUT2D eigenvalue weighted by atomic mass is 10.1. The highest BCUT2D eigenvalue weighted by Gasteiger charge is 2.31. The molecule has 118 valence electrons. The molecule has 2 rings (SSSR count). The van der Waals surface area contributed by atoms with Crippen molar-refractivity contribution in [3.63, 3.8) is 0 Å². The van der Waals surface area contributed by atoms with E-state index < -0.39 is 11.9 Å². The van der Waals surface area contributed by atoms with Gasteiger partial charge in [0, 0.05) is 31.1 Å². The molecule has 0 radical (unpaired) electrons. The Morgan fingerprint density at radius 3 is 2.68 bits per heavy atom. The molecule has 0 saturated carbocycles. The minimum atomic E-state index is -0.929. The standard InChI is InChI=1S/C15H17FN2O4/c1-2-22-15(21)14(20)17-8-10-7-13(19)18(9-10)12-5-3-11(16)4-6-12/h3-6,10H,2,7-9H2,1H3,(H,17,20). The molecule has 0 aliphatic carbocycles. The Hall–Kier alpha value is -2.44. The Kier molecular flexibility index (Phi) is 5.08. The van der Waals surface area contributed by atoms with Crippen LogP contribution in [0, 0.1) is 11.7 Å². The highest BCUT2D eigenvalue weighted by Crippen LogP contribution is 2.24. The minimum absolute atomic E-state index is 0.0954. The van der Waals surface area contributed by atoms with Crippen molar-refractivity contribution in [2.24, 2.45) is 5.92 Å². The molecule has 7 heteroatoms. The monoisotopic (exact) mass is 308 g/mol. The van der Waals surface area contributed by atoms with Gasteiger partial charge in [0.1, 0.15) is 5.82 Å². The number of carbonyl (C=O) groups excluding carboxylic acids is 3. The third-order valence-corrected chi connectivity index (χ3v) is 3.36. The molecule has 1 aliphatic rings. The number of hydrogen-bond donors (Lipinski definition) is 1. The lowest BCUT2D eigenvalue weighted by Gasteiger charge is -2.16. The Morgan fingerprint density at radius 1 is 1.36 bits per heavy atom. The van der Waals surface area contributed by atoms with Gasteiger partial charge in [-0.15, -0.1) is 0 Å². The zero-order valence-corrected chi connectivity index (χ0v) is 12.2. The van der Waals surface area contributed by atoms with Gasteiger partial charge in [0.25, 0.3) is 0 Å². The van der Waals surface area contributed by atoms with Crippen molar-refractivity contribution in [2.45, 2.75) is 13.3 Å². The molecule has 1 fully saturated rings. The molecule has 6 nitrogen and oxygen atoms in total. The van der Waals surface area contributed by atoms with E-state index in [9.17, 15) is 18.8 Å². The highest BCUT2D eigenvalue weighted by atomic mass is 19.1. The van der Waals surface area contributed by atoms with Crippen LogP contribution in [0.1, 0.15) is 13.3 Å². The molecule has 2 amide bonds. The molecule has 0 aromatic heterocycles. The summed E-state index contributed by atoms with van der Waals surface area (Å²) in [6, 6.07) is 5.65. The number of nitrogens with zero attached hydrogens (tertiary/aromatic N) is 1. The second-order valence-corrected chi connectivity index (χ2v) is 4.98. The SMILES string of the molecule is CCOC(=O)C(=O)NCC1CC(=O)N(c2ccc(F)cc2)C1. The number of ether oxygens (including phenoxy) is 1. The number of rotatable bonds is 4. The smallest absolute Gasteiger partial charge is 0.396 e. The summed E-state index contributed by atoms with van der Waals surface area (Å²) >= 11 is 0. The Balaban J connectivity index is 1.88. The van der Waals surface area contributed by atoms with E-state index >= 15 is 0 Å². The lowest BCUT2D eigenvalue weighted by Crippen LogP contribution is -2.36.